The molecule has 2 rings (SSSR count). The third kappa shape index (κ3) is 1.67. The van der Waals surface area contributed by atoms with Crippen LogP contribution in [0.25, 0.3) is 0 Å². The fourth-order valence-corrected chi connectivity index (χ4v) is 1.84. The van der Waals surface area contributed by atoms with Crippen molar-refractivity contribution in [3.8, 4) is 6.07 Å². The molecule has 2 N–H and O–H groups in total. The number of aromatic amines is 1. The molecular formula is C11H14N4O. The molecule has 0 aromatic carbocycles. The lowest BCUT2D eigenvalue weighted by Crippen LogP contribution is -2.45. The third-order valence-corrected chi connectivity index (χ3v) is 3.13. The fraction of sp³-hybridized carbons (Fsp3) is 0.545. The highest BCUT2D eigenvalue weighted by Crippen LogP contribution is 2.40. The Labute approximate surface area is 93.9 Å². The van der Waals surface area contributed by atoms with Crippen molar-refractivity contribution >= 4 is 5.91 Å². The highest BCUT2D eigenvalue weighted by Gasteiger charge is 2.45. The van der Waals surface area contributed by atoms with E-state index in [1.807, 2.05) is 6.92 Å². The first-order chi connectivity index (χ1) is 7.68. The summed E-state index contributed by atoms with van der Waals surface area (Å²) in [6, 6.07) is 1.94. The Kier molecular flexibility index (Phi) is 2.65. The smallest absolute Gasteiger partial charge is 0.241 e. The molecule has 1 heterocycles. The molecule has 5 heteroatoms. The summed E-state index contributed by atoms with van der Waals surface area (Å²) >= 11 is 0. The van der Waals surface area contributed by atoms with Gasteiger partial charge in [-0.25, -0.2) is 4.98 Å². The lowest BCUT2D eigenvalue weighted by molar-refractivity contribution is -0.132. The number of aromatic nitrogens is 2. The van der Waals surface area contributed by atoms with Gasteiger partial charge in [-0.2, -0.15) is 5.26 Å². The molecular weight excluding hydrogens is 204 g/mol. The summed E-state index contributed by atoms with van der Waals surface area (Å²) in [5.41, 5.74) is -0.791. The number of hydrogen-bond acceptors (Lipinski definition) is 3. The molecule has 1 atom stereocenters. The van der Waals surface area contributed by atoms with Crippen molar-refractivity contribution in [2.75, 3.05) is 0 Å². The van der Waals surface area contributed by atoms with Gasteiger partial charge in [-0.05, 0) is 26.2 Å². The first-order valence-corrected chi connectivity index (χ1v) is 5.39. The zero-order chi connectivity index (χ0) is 11.6. The van der Waals surface area contributed by atoms with Crippen LogP contribution in [0.5, 0.6) is 0 Å². The predicted molar refractivity (Wildman–Crippen MR) is 57.0 cm³/mol. The standard InChI is InChI=1S/C11H14N4O/c1-8(9-13-5-6-14-9)15-10(16)11(7-12)3-2-4-11/h5-6,8H,2-4H2,1H3,(H,13,14)(H,15,16). The van der Waals surface area contributed by atoms with Crippen molar-refractivity contribution in [3.63, 3.8) is 0 Å². The summed E-state index contributed by atoms with van der Waals surface area (Å²) < 4.78 is 0. The second-order valence-corrected chi connectivity index (χ2v) is 4.22. The topological polar surface area (TPSA) is 81.6 Å². The average molecular weight is 218 g/mol. The molecule has 0 spiro atoms. The van der Waals surface area contributed by atoms with Crippen molar-refractivity contribution < 1.29 is 4.79 Å². The minimum Gasteiger partial charge on any atom is -0.347 e. The molecule has 1 saturated carbocycles. The minimum atomic E-state index is -0.791. The van der Waals surface area contributed by atoms with E-state index in [4.69, 9.17) is 5.26 Å². The van der Waals surface area contributed by atoms with Crippen molar-refractivity contribution in [2.45, 2.75) is 32.2 Å². The fourth-order valence-electron chi connectivity index (χ4n) is 1.84. The van der Waals surface area contributed by atoms with Gasteiger partial charge in [0.15, 0.2) is 0 Å². The zero-order valence-corrected chi connectivity index (χ0v) is 9.16. The highest BCUT2D eigenvalue weighted by atomic mass is 16.2. The summed E-state index contributed by atoms with van der Waals surface area (Å²) in [5.74, 6) is 0.533. The van der Waals surface area contributed by atoms with Crippen LogP contribution >= 0.6 is 0 Å². The maximum absolute atomic E-state index is 11.9. The van der Waals surface area contributed by atoms with Gasteiger partial charge in [0, 0.05) is 12.4 Å². The molecule has 84 valence electrons. The normalized spacial score (nSPS) is 19.2. The van der Waals surface area contributed by atoms with Crippen LogP contribution in [0.1, 0.15) is 38.1 Å². The van der Waals surface area contributed by atoms with E-state index in [2.05, 4.69) is 21.4 Å². The van der Waals surface area contributed by atoms with Crippen LogP contribution in [0.3, 0.4) is 0 Å². The molecule has 0 saturated heterocycles. The summed E-state index contributed by atoms with van der Waals surface area (Å²) in [6.45, 7) is 1.85. The Balaban J connectivity index is 2.00. The van der Waals surface area contributed by atoms with E-state index < -0.39 is 5.41 Å². The summed E-state index contributed by atoms with van der Waals surface area (Å²) in [6.07, 6.45) is 5.64. The predicted octanol–water partition coefficient (Wildman–Crippen LogP) is 1.28. The molecule has 1 fully saturated rings. The highest BCUT2D eigenvalue weighted by molar-refractivity contribution is 5.86. The molecule has 16 heavy (non-hydrogen) atoms. The number of nitrogens with zero attached hydrogens (tertiary/aromatic N) is 2. The lowest BCUT2D eigenvalue weighted by atomic mass is 9.69. The van der Waals surface area contributed by atoms with E-state index in [1.165, 1.54) is 0 Å². The molecule has 1 aromatic heterocycles. The number of nitrogens with one attached hydrogen (secondary N) is 2. The summed E-state index contributed by atoms with van der Waals surface area (Å²) in [4.78, 5) is 18.9. The quantitative estimate of drug-likeness (QED) is 0.801. The van der Waals surface area contributed by atoms with Gasteiger partial charge in [-0.1, -0.05) is 0 Å². The Morgan fingerprint density at radius 2 is 2.50 bits per heavy atom. The molecule has 1 aliphatic rings. The number of amides is 1. The first kappa shape index (κ1) is 10.7. The summed E-state index contributed by atoms with van der Waals surface area (Å²) in [5, 5.41) is 11.8. The van der Waals surface area contributed by atoms with Crippen molar-refractivity contribution in [3.05, 3.63) is 18.2 Å². The average Bonchev–Trinajstić information content (AvgIpc) is 2.69. The van der Waals surface area contributed by atoms with Crippen molar-refractivity contribution in [1.29, 1.82) is 5.26 Å². The Bertz CT molecular complexity index is 414. The zero-order valence-electron chi connectivity index (χ0n) is 9.16. The number of H-pyrrole nitrogens is 1. The maximum atomic E-state index is 11.9. The number of rotatable bonds is 3. The van der Waals surface area contributed by atoms with Gasteiger partial charge in [-0.3, -0.25) is 4.79 Å². The van der Waals surface area contributed by atoms with Gasteiger partial charge >= 0.3 is 0 Å². The van der Waals surface area contributed by atoms with Gasteiger partial charge in [-0.15, -0.1) is 0 Å². The van der Waals surface area contributed by atoms with E-state index in [9.17, 15) is 4.79 Å². The van der Waals surface area contributed by atoms with Gasteiger partial charge in [0.05, 0.1) is 12.1 Å². The molecule has 1 aliphatic carbocycles. The van der Waals surface area contributed by atoms with Crippen LogP contribution in [0.2, 0.25) is 0 Å². The van der Waals surface area contributed by atoms with Crippen LogP contribution in [0.15, 0.2) is 12.4 Å². The number of carbonyl (C=O) groups excluding carboxylic acids is 1. The second-order valence-electron chi connectivity index (χ2n) is 4.22. The van der Waals surface area contributed by atoms with Crippen LogP contribution in [-0.2, 0) is 4.79 Å². The third-order valence-electron chi connectivity index (χ3n) is 3.13. The Hall–Kier alpha value is -1.83. The number of carbonyl (C=O) groups is 1. The molecule has 0 aliphatic heterocycles. The van der Waals surface area contributed by atoms with Crippen LogP contribution in [0, 0.1) is 16.7 Å². The van der Waals surface area contributed by atoms with E-state index in [-0.39, 0.29) is 11.9 Å². The lowest BCUT2D eigenvalue weighted by Gasteiger charge is -2.34. The number of imidazole rings is 1. The van der Waals surface area contributed by atoms with E-state index in [1.54, 1.807) is 12.4 Å². The summed E-state index contributed by atoms with van der Waals surface area (Å²) in [7, 11) is 0. The van der Waals surface area contributed by atoms with Gasteiger partial charge < -0.3 is 10.3 Å². The van der Waals surface area contributed by atoms with Crippen LogP contribution < -0.4 is 5.32 Å². The van der Waals surface area contributed by atoms with Gasteiger partial charge in [0.1, 0.15) is 11.2 Å². The van der Waals surface area contributed by atoms with Crippen LogP contribution in [-0.4, -0.2) is 15.9 Å². The van der Waals surface area contributed by atoms with E-state index >= 15 is 0 Å². The molecule has 1 amide bonds. The molecule has 1 aromatic rings. The van der Waals surface area contributed by atoms with Crippen molar-refractivity contribution in [1.82, 2.24) is 15.3 Å². The van der Waals surface area contributed by atoms with E-state index in [0.29, 0.717) is 18.7 Å². The SMILES string of the molecule is CC(NC(=O)C1(C#N)CCC1)c1ncc[nH]1. The molecule has 0 bridgehead atoms. The Morgan fingerprint density at radius 3 is 2.94 bits per heavy atom. The van der Waals surface area contributed by atoms with Crippen LogP contribution in [0.4, 0.5) is 0 Å². The van der Waals surface area contributed by atoms with Gasteiger partial charge in [0.2, 0.25) is 5.91 Å². The monoisotopic (exact) mass is 218 g/mol. The maximum Gasteiger partial charge on any atom is 0.241 e. The van der Waals surface area contributed by atoms with E-state index in [0.717, 1.165) is 6.42 Å². The second kappa shape index (κ2) is 3.97. The number of hydrogen-bond donors (Lipinski definition) is 2. The number of nitriles is 1. The Morgan fingerprint density at radius 1 is 1.75 bits per heavy atom. The van der Waals surface area contributed by atoms with Gasteiger partial charge in [0.25, 0.3) is 0 Å². The first-order valence-electron chi connectivity index (χ1n) is 5.39. The van der Waals surface area contributed by atoms with Crippen molar-refractivity contribution in [2.24, 2.45) is 5.41 Å². The molecule has 5 nitrogen and oxygen atoms in total. The largest absolute Gasteiger partial charge is 0.347 e. The molecule has 1 unspecified atom stereocenters. The molecule has 0 radical (unpaired) electrons. The minimum absolute atomic E-state index is 0.176.